The van der Waals surface area contributed by atoms with Gasteiger partial charge in [-0.3, -0.25) is 0 Å². The van der Waals surface area contributed by atoms with Gasteiger partial charge in [0.25, 0.3) is 0 Å². The number of hydrogen-bond acceptors (Lipinski definition) is 0. The fourth-order valence-electron chi connectivity index (χ4n) is 3.51. The van der Waals surface area contributed by atoms with Crippen LogP contribution in [-0.2, 0) is 5.11 Å². The van der Waals surface area contributed by atoms with Crippen molar-refractivity contribution in [2.45, 2.75) is 142 Å². The SMILES string of the molecule is CCCCCCCCCC([O])(CCCC)CCCCCCCC. The maximum atomic E-state index is 13.1. The van der Waals surface area contributed by atoms with Gasteiger partial charge in [0.2, 0.25) is 0 Å². The van der Waals surface area contributed by atoms with Crippen LogP contribution in [0, 0.1) is 0 Å². The number of rotatable bonds is 18. The van der Waals surface area contributed by atoms with Crippen LogP contribution in [0.25, 0.3) is 0 Å². The van der Waals surface area contributed by atoms with E-state index in [1.165, 1.54) is 70.6 Å². The smallest absolute Gasteiger partial charge is 0.104 e. The van der Waals surface area contributed by atoms with Crippen LogP contribution >= 0.6 is 0 Å². The molecule has 0 saturated heterocycles. The highest BCUT2D eigenvalue weighted by Gasteiger charge is 2.27. The van der Waals surface area contributed by atoms with Gasteiger partial charge in [-0.2, -0.15) is 0 Å². The van der Waals surface area contributed by atoms with Crippen molar-refractivity contribution >= 4 is 0 Å². The second-order valence-corrected chi connectivity index (χ2v) is 7.68. The van der Waals surface area contributed by atoms with Crippen molar-refractivity contribution in [2.24, 2.45) is 0 Å². The summed E-state index contributed by atoms with van der Waals surface area (Å²) in [5.74, 6) is 0. The third-order valence-corrected chi connectivity index (χ3v) is 5.21. The minimum atomic E-state index is -0.607. The Balaban J connectivity index is 3.82. The van der Waals surface area contributed by atoms with Crippen molar-refractivity contribution in [3.05, 3.63) is 0 Å². The number of unbranched alkanes of at least 4 members (excludes halogenated alkanes) is 12. The highest BCUT2D eigenvalue weighted by Crippen LogP contribution is 2.29. The molecule has 0 aliphatic rings. The van der Waals surface area contributed by atoms with E-state index in [1.54, 1.807) is 0 Å². The van der Waals surface area contributed by atoms with E-state index in [1.807, 2.05) is 0 Å². The molecule has 0 aromatic rings. The molecule has 1 radical (unpaired) electrons. The molecule has 1 heteroatoms. The van der Waals surface area contributed by atoms with Crippen LogP contribution in [0.2, 0.25) is 0 Å². The van der Waals surface area contributed by atoms with Crippen molar-refractivity contribution in [1.82, 2.24) is 0 Å². The van der Waals surface area contributed by atoms with Crippen LogP contribution in [0.3, 0.4) is 0 Å². The highest BCUT2D eigenvalue weighted by atomic mass is 16.3. The highest BCUT2D eigenvalue weighted by molar-refractivity contribution is 4.78. The Morgan fingerprint density at radius 2 is 0.739 bits per heavy atom. The minimum Gasteiger partial charge on any atom is -0.229 e. The Bertz CT molecular complexity index is 226. The molecule has 0 aliphatic heterocycles. The van der Waals surface area contributed by atoms with Crippen LogP contribution in [0.4, 0.5) is 0 Å². The zero-order valence-corrected chi connectivity index (χ0v) is 16.6. The molecule has 0 N–H and O–H groups in total. The van der Waals surface area contributed by atoms with Crippen molar-refractivity contribution in [1.29, 1.82) is 0 Å². The third-order valence-electron chi connectivity index (χ3n) is 5.21. The molecule has 0 aromatic heterocycles. The molecule has 0 saturated carbocycles. The average molecular weight is 326 g/mol. The minimum absolute atomic E-state index is 0.607. The monoisotopic (exact) mass is 325 g/mol. The summed E-state index contributed by atoms with van der Waals surface area (Å²) in [5.41, 5.74) is -0.607. The quantitative estimate of drug-likeness (QED) is 0.226. The molecule has 139 valence electrons. The van der Waals surface area contributed by atoms with Crippen LogP contribution in [0.5, 0.6) is 0 Å². The molecule has 0 spiro atoms. The first-order chi connectivity index (χ1) is 11.2. The molecular formula is C22H45O. The topological polar surface area (TPSA) is 19.9 Å². The van der Waals surface area contributed by atoms with E-state index >= 15 is 0 Å². The lowest BCUT2D eigenvalue weighted by molar-refractivity contribution is -0.0555. The summed E-state index contributed by atoms with van der Waals surface area (Å²) in [4.78, 5) is 0. The molecule has 0 amide bonds. The first-order valence-corrected chi connectivity index (χ1v) is 10.9. The maximum Gasteiger partial charge on any atom is 0.104 e. The van der Waals surface area contributed by atoms with E-state index < -0.39 is 5.60 Å². The van der Waals surface area contributed by atoms with Crippen molar-refractivity contribution in [3.8, 4) is 0 Å². The Morgan fingerprint density at radius 1 is 0.435 bits per heavy atom. The fraction of sp³-hybridized carbons (Fsp3) is 1.00. The van der Waals surface area contributed by atoms with Crippen LogP contribution in [-0.4, -0.2) is 5.60 Å². The van der Waals surface area contributed by atoms with Gasteiger partial charge >= 0.3 is 0 Å². The second-order valence-electron chi connectivity index (χ2n) is 7.68. The summed E-state index contributed by atoms with van der Waals surface area (Å²) in [6.45, 7) is 6.73. The fourth-order valence-corrected chi connectivity index (χ4v) is 3.51. The summed E-state index contributed by atoms with van der Waals surface area (Å²) >= 11 is 0. The summed E-state index contributed by atoms with van der Waals surface area (Å²) in [6, 6.07) is 0. The molecule has 0 rings (SSSR count). The number of hydrogen-bond donors (Lipinski definition) is 0. The molecule has 0 heterocycles. The van der Waals surface area contributed by atoms with Gasteiger partial charge in [-0.15, -0.1) is 0 Å². The van der Waals surface area contributed by atoms with Gasteiger partial charge in [0.15, 0.2) is 0 Å². The maximum absolute atomic E-state index is 13.1. The van der Waals surface area contributed by atoms with E-state index in [2.05, 4.69) is 20.8 Å². The van der Waals surface area contributed by atoms with Crippen molar-refractivity contribution < 1.29 is 5.11 Å². The van der Waals surface area contributed by atoms with Gasteiger partial charge in [0, 0.05) is 0 Å². The Morgan fingerprint density at radius 3 is 1.13 bits per heavy atom. The summed E-state index contributed by atoms with van der Waals surface area (Å²) in [7, 11) is 0. The molecule has 0 fully saturated rings. The molecule has 1 nitrogen and oxygen atoms in total. The molecule has 0 aromatic carbocycles. The normalized spacial score (nSPS) is 14.1. The van der Waals surface area contributed by atoms with E-state index in [9.17, 15) is 5.11 Å². The summed E-state index contributed by atoms with van der Waals surface area (Å²) < 4.78 is 0. The Labute approximate surface area is 147 Å². The lowest BCUT2D eigenvalue weighted by atomic mass is 9.85. The average Bonchev–Trinajstić information content (AvgIpc) is 2.55. The van der Waals surface area contributed by atoms with E-state index in [4.69, 9.17) is 0 Å². The van der Waals surface area contributed by atoms with E-state index in [-0.39, 0.29) is 0 Å². The van der Waals surface area contributed by atoms with Crippen molar-refractivity contribution in [2.75, 3.05) is 0 Å². The summed E-state index contributed by atoms with van der Waals surface area (Å²) in [6.07, 6.45) is 22.0. The molecule has 23 heavy (non-hydrogen) atoms. The molecule has 0 aliphatic carbocycles. The zero-order chi connectivity index (χ0) is 17.2. The lowest BCUT2D eigenvalue weighted by Crippen LogP contribution is -2.26. The van der Waals surface area contributed by atoms with Gasteiger partial charge in [-0.1, -0.05) is 117 Å². The largest absolute Gasteiger partial charge is 0.229 e. The lowest BCUT2D eigenvalue weighted by Gasteiger charge is -2.26. The molecular weight excluding hydrogens is 280 g/mol. The van der Waals surface area contributed by atoms with Gasteiger partial charge < -0.3 is 0 Å². The first-order valence-electron chi connectivity index (χ1n) is 10.9. The van der Waals surface area contributed by atoms with Crippen LogP contribution < -0.4 is 0 Å². The molecule has 1 unspecified atom stereocenters. The van der Waals surface area contributed by atoms with Crippen LogP contribution in [0.15, 0.2) is 0 Å². The van der Waals surface area contributed by atoms with Gasteiger partial charge in [-0.05, 0) is 19.3 Å². The predicted octanol–water partition coefficient (Wildman–Crippen LogP) is 8.24. The third kappa shape index (κ3) is 15.2. The van der Waals surface area contributed by atoms with Gasteiger partial charge in [-0.25, -0.2) is 5.11 Å². The zero-order valence-electron chi connectivity index (χ0n) is 16.6. The standard InChI is InChI=1S/C22H45O/c1-4-7-10-12-14-16-18-21-22(23,19-9-6-3)20-17-15-13-11-8-5-2/h4-21H2,1-3H3. The first kappa shape index (κ1) is 23.0. The van der Waals surface area contributed by atoms with E-state index in [0.29, 0.717) is 0 Å². The second kappa shape index (κ2) is 16.8. The van der Waals surface area contributed by atoms with Crippen molar-refractivity contribution in [3.63, 3.8) is 0 Å². The predicted molar refractivity (Wildman–Crippen MR) is 104 cm³/mol. The van der Waals surface area contributed by atoms with Gasteiger partial charge in [0.05, 0.1) is 0 Å². The van der Waals surface area contributed by atoms with Crippen LogP contribution in [0.1, 0.15) is 136 Å². The van der Waals surface area contributed by atoms with Gasteiger partial charge in [0.1, 0.15) is 5.60 Å². The van der Waals surface area contributed by atoms with E-state index in [0.717, 1.165) is 44.9 Å². The molecule has 1 atom stereocenters. The molecule has 0 bridgehead atoms. The Kier molecular flexibility index (Phi) is 16.8. The Hall–Kier alpha value is -0.0400. The summed E-state index contributed by atoms with van der Waals surface area (Å²) in [5, 5.41) is 13.1.